The standard InChI is InChI=1S/C19H21N3O2S2/c1-2-3-7-20-18-21-22-19(26-18)25-11-14-10-17(23)24-16-9-13-6-4-5-12(13)8-15(14)16/h8-10H,2-7,11H2,1H3,(H,20,21). The monoisotopic (exact) mass is 387 g/mol. The summed E-state index contributed by atoms with van der Waals surface area (Å²) in [5, 5.41) is 13.6. The van der Waals surface area contributed by atoms with E-state index in [-0.39, 0.29) is 5.63 Å². The predicted molar refractivity (Wildman–Crippen MR) is 107 cm³/mol. The Bertz CT molecular complexity index is 981. The topological polar surface area (TPSA) is 68.0 Å². The van der Waals surface area contributed by atoms with Crippen molar-refractivity contribution in [1.29, 1.82) is 0 Å². The Morgan fingerprint density at radius 3 is 2.92 bits per heavy atom. The number of benzene rings is 1. The molecule has 0 saturated heterocycles. The van der Waals surface area contributed by atoms with Gasteiger partial charge in [-0.05, 0) is 54.5 Å². The quantitative estimate of drug-likeness (QED) is 0.362. The summed E-state index contributed by atoms with van der Waals surface area (Å²) in [6.45, 7) is 3.09. The van der Waals surface area contributed by atoms with E-state index in [4.69, 9.17) is 4.42 Å². The van der Waals surface area contributed by atoms with Crippen molar-refractivity contribution < 1.29 is 4.42 Å². The van der Waals surface area contributed by atoms with Gasteiger partial charge in [0, 0.05) is 23.8 Å². The third-order valence-electron chi connectivity index (χ3n) is 4.61. The fraction of sp³-hybridized carbons (Fsp3) is 0.421. The lowest BCUT2D eigenvalue weighted by Gasteiger charge is -2.07. The fourth-order valence-corrected chi connectivity index (χ4v) is 5.03. The van der Waals surface area contributed by atoms with Crippen LogP contribution in [0.4, 0.5) is 5.13 Å². The number of thioether (sulfide) groups is 1. The molecule has 7 heteroatoms. The number of nitrogens with zero attached hydrogens (tertiary/aromatic N) is 2. The molecule has 0 spiro atoms. The molecule has 2 heterocycles. The Kier molecular flexibility index (Phi) is 5.26. The van der Waals surface area contributed by atoms with Crippen molar-refractivity contribution in [3.8, 4) is 0 Å². The molecule has 0 amide bonds. The minimum absolute atomic E-state index is 0.287. The summed E-state index contributed by atoms with van der Waals surface area (Å²) in [4.78, 5) is 12.0. The summed E-state index contributed by atoms with van der Waals surface area (Å²) in [6.07, 6.45) is 5.64. The van der Waals surface area contributed by atoms with E-state index in [1.807, 2.05) is 6.07 Å². The first-order valence-electron chi connectivity index (χ1n) is 9.01. The van der Waals surface area contributed by atoms with Crippen LogP contribution in [0.3, 0.4) is 0 Å². The van der Waals surface area contributed by atoms with Crippen LogP contribution in [0.15, 0.2) is 31.8 Å². The zero-order chi connectivity index (χ0) is 17.9. The van der Waals surface area contributed by atoms with Gasteiger partial charge in [0.15, 0.2) is 4.34 Å². The molecule has 5 nitrogen and oxygen atoms in total. The second-order valence-electron chi connectivity index (χ2n) is 6.50. The molecule has 3 aromatic rings. The molecule has 0 saturated carbocycles. The summed E-state index contributed by atoms with van der Waals surface area (Å²) in [5.74, 6) is 0.685. The zero-order valence-electron chi connectivity index (χ0n) is 14.7. The zero-order valence-corrected chi connectivity index (χ0v) is 16.3. The van der Waals surface area contributed by atoms with Gasteiger partial charge in [0.25, 0.3) is 0 Å². The minimum atomic E-state index is -0.287. The second-order valence-corrected chi connectivity index (χ2v) is 8.70. The van der Waals surface area contributed by atoms with Crippen LogP contribution in [-0.2, 0) is 18.6 Å². The third-order valence-corrected chi connectivity index (χ3v) is 6.67. The molecule has 0 radical (unpaired) electrons. The molecule has 0 atom stereocenters. The molecule has 0 unspecified atom stereocenters. The van der Waals surface area contributed by atoms with Crippen molar-refractivity contribution in [2.75, 3.05) is 11.9 Å². The van der Waals surface area contributed by atoms with Crippen molar-refractivity contribution in [1.82, 2.24) is 10.2 Å². The van der Waals surface area contributed by atoms with E-state index < -0.39 is 0 Å². The van der Waals surface area contributed by atoms with Crippen molar-refractivity contribution in [3.63, 3.8) is 0 Å². The van der Waals surface area contributed by atoms with Crippen LogP contribution >= 0.6 is 23.1 Å². The summed E-state index contributed by atoms with van der Waals surface area (Å²) in [5.41, 5.74) is 4.12. The van der Waals surface area contributed by atoms with E-state index in [2.05, 4.69) is 28.5 Å². The molecule has 1 N–H and O–H groups in total. The van der Waals surface area contributed by atoms with Crippen LogP contribution in [-0.4, -0.2) is 16.7 Å². The number of rotatable bonds is 7. The van der Waals surface area contributed by atoms with Gasteiger partial charge in [-0.1, -0.05) is 36.4 Å². The number of hydrogen-bond acceptors (Lipinski definition) is 7. The molecule has 4 rings (SSSR count). The normalized spacial score (nSPS) is 13.3. The Morgan fingerprint density at radius 2 is 2.08 bits per heavy atom. The molecule has 1 aromatic carbocycles. The van der Waals surface area contributed by atoms with Crippen molar-refractivity contribution in [3.05, 3.63) is 45.3 Å². The van der Waals surface area contributed by atoms with Crippen LogP contribution in [0.1, 0.15) is 42.9 Å². The number of hydrogen-bond donors (Lipinski definition) is 1. The van der Waals surface area contributed by atoms with Crippen LogP contribution in [0.5, 0.6) is 0 Å². The highest BCUT2D eigenvalue weighted by atomic mass is 32.2. The van der Waals surface area contributed by atoms with Gasteiger partial charge in [-0.25, -0.2) is 4.79 Å². The van der Waals surface area contributed by atoms with E-state index in [0.717, 1.165) is 52.6 Å². The van der Waals surface area contributed by atoms with Gasteiger partial charge in [-0.2, -0.15) is 0 Å². The SMILES string of the molecule is CCCCNc1nnc(SCc2cc(=O)oc3cc4c(cc23)CCC4)s1. The lowest BCUT2D eigenvalue weighted by Crippen LogP contribution is -2.00. The van der Waals surface area contributed by atoms with Crippen LogP contribution < -0.4 is 10.9 Å². The molecule has 26 heavy (non-hydrogen) atoms. The first kappa shape index (κ1) is 17.5. The third kappa shape index (κ3) is 3.78. The molecular weight excluding hydrogens is 366 g/mol. The van der Waals surface area contributed by atoms with Crippen LogP contribution in [0.25, 0.3) is 11.0 Å². The molecule has 2 aromatic heterocycles. The van der Waals surface area contributed by atoms with Crippen LogP contribution in [0, 0.1) is 0 Å². The van der Waals surface area contributed by atoms with Gasteiger partial charge in [0.05, 0.1) is 0 Å². The molecule has 0 aliphatic heterocycles. The largest absolute Gasteiger partial charge is 0.423 e. The fourth-order valence-electron chi connectivity index (χ4n) is 3.27. The number of aromatic nitrogens is 2. The van der Waals surface area contributed by atoms with E-state index in [9.17, 15) is 4.79 Å². The predicted octanol–water partition coefficient (Wildman–Crippen LogP) is 4.64. The second kappa shape index (κ2) is 7.80. The van der Waals surface area contributed by atoms with E-state index in [1.165, 1.54) is 17.5 Å². The molecule has 1 aliphatic carbocycles. The Labute approximate surface area is 160 Å². The molecule has 0 bridgehead atoms. The van der Waals surface area contributed by atoms with Gasteiger partial charge < -0.3 is 9.73 Å². The van der Waals surface area contributed by atoms with Gasteiger partial charge in [0.2, 0.25) is 5.13 Å². The highest BCUT2D eigenvalue weighted by Gasteiger charge is 2.15. The van der Waals surface area contributed by atoms with Crippen molar-refractivity contribution >= 4 is 39.2 Å². The summed E-state index contributed by atoms with van der Waals surface area (Å²) in [6, 6.07) is 5.86. The van der Waals surface area contributed by atoms with Gasteiger partial charge in [-0.15, -0.1) is 10.2 Å². The Morgan fingerprint density at radius 1 is 1.23 bits per heavy atom. The number of nitrogens with one attached hydrogen (secondary N) is 1. The summed E-state index contributed by atoms with van der Waals surface area (Å²) >= 11 is 3.18. The van der Waals surface area contributed by atoms with Crippen molar-refractivity contribution in [2.45, 2.75) is 49.1 Å². The number of fused-ring (bicyclic) bond motifs is 2. The summed E-state index contributed by atoms with van der Waals surface area (Å²) in [7, 11) is 0. The maximum absolute atomic E-state index is 12.0. The highest BCUT2D eigenvalue weighted by molar-refractivity contribution is 8.00. The molecular formula is C19H21N3O2S2. The highest BCUT2D eigenvalue weighted by Crippen LogP contribution is 2.33. The average Bonchev–Trinajstić information content (AvgIpc) is 3.27. The van der Waals surface area contributed by atoms with E-state index >= 15 is 0 Å². The number of anilines is 1. The van der Waals surface area contributed by atoms with Gasteiger partial charge >= 0.3 is 5.63 Å². The first-order chi connectivity index (χ1) is 12.7. The molecule has 1 aliphatic rings. The molecule has 136 valence electrons. The smallest absolute Gasteiger partial charge is 0.336 e. The van der Waals surface area contributed by atoms with Gasteiger partial charge in [0.1, 0.15) is 5.58 Å². The lowest BCUT2D eigenvalue weighted by molar-refractivity contribution is 0.559. The first-order valence-corrected chi connectivity index (χ1v) is 10.8. The summed E-state index contributed by atoms with van der Waals surface area (Å²) < 4.78 is 6.35. The Hall–Kier alpha value is -1.86. The molecule has 0 fully saturated rings. The average molecular weight is 388 g/mol. The number of unbranched alkanes of at least 4 members (excludes halogenated alkanes) is 1. The lowest BCUT2D eigenvalue weighted by atomic mass is 10.0. The van der Waals surface area contributed by atoms with E-state index in [0.29, 0.717) is 11.3 Å². The number of aryl methyl sites for hydroxylation is 2. The maximum Gasteiger partial charge on any atom is 0.336 e. The maximum atomic E-state index is 12.0. The van der Waals surface area contributed by atoms with Gasteiger partial charge in [-0.3, -0.25) is 0 Å². The van der Waals surface area contributed by atoms with Crippen molar-refractivity contribution in [2.24, 2.45) is 0 Å². The van der Waals surface area contributed by atoms with E-state index in [1.54, 1.807) is 29.2 Å². The van der Waals surface area contributed by atoms with Crippen LogP contribution in [0.2, 0.25) is 0 Å². The Balaban J connectivity index is 1.53. The minimum Gasteiger partial charge on any atom is -0.423 e.